The van der Waals surface area contributed by atoms with Gasteiger partial charge >= 0.3 is 0 Å². The number of anilines is 1. The van der Waals surface area contributed by atoms with Gasteiger partial charge in [0.25, 0.3) is 11.7 Å². The average molecular weight is 382 g/mol. The molecule has 4 rings (SSSR count). The number of aromatic amines is 1. The number of benzene rings is 1. The number of hydrogen-bond donors (Lipinski definition) is 2. The van der Waals surface area contributed by atoms with Crippen LogP contribution in [0.2, 0.25) is 0 Å². The molecule has 1 amide bonds. The van der Waals surface area contributed by atoms with Crippen molar-refractivity contribution in [3.63, 3.8) is 0 Å². The zero-order valence-corrected chi connectivity index (χ0v) is 16.4. The Hall–Kier alpha value is -2.47. The molecule has 0 radical (unpaired) electrons. The summed E-state index contributed by atoms with van der Waals surface area (Å²) in [5.74, 6) is -0.442. The molecule has 6 heteroatoms. The summed E-state index contributed by atoms with van der Waals surface area (Å²) in [5.41, 5.74) is 3.08. The van der Waals surface area contributed by atoms with Gasteiger partial charge in [0.15, 0.2) is 5.13 Å². The SMILES string of the molecule is CCCC1CCc2nc(NC(=O)C(=O)c3c(C)[nH]c4ccccc34)sc2C1. The molecule has 5 nitrogen and oxygen atoms in total. The van der Waals surface area contributed by atoms with E-state index in [9.17, 15) is 9.59 Å². The summed E-state index contributed by atoms with van der Waals surface area (Å²) < 4.78 is 0. The molecule has 0 saturated carbocycles. The van der Waals surface area contributed by atoms with Crippen molar-refractivity contribution in [2.24, 2.45) is 5.92 Å². The molecule has 0 fully saturated rings. The van der Waals surface area contributed by atoms with Gasteiger partial charge in [0, 0.05) is 21.5 Å². The van der Waals surface area contributed by atoms with E-state index in [1.165, 1.54) is 29.1 Å². The Kier molecular flexibility index (Phi) is 4.83. The Morgan fingerprint density at radius 3 is 2.96 bits per heavy atom. The summed E-state index contributed by atoms with van der Waals surface area (Å²) in [4.78, 5) is 34.3. The molecule has 0 aliphatic heterocycles. The Labute approximate surface area is 162 Å². The molecule has 1 unspecified atom stereocenters. The molecule has 3 aromatic rings. The summed E-state index contributed by atoms with van der Waals surface area (Å²) >= 11 is 1.51. The van der Waals surface area contributed by atoms with Crippen LogP contribution in [-0.2, 0) is 17.6 Å². The number of carbonyl (C=O) groups is 2. The fourth-order valence-electron chi connectivity index (χ4n) is 3.99. The van der Waals surface area contributed by atoms with E-state index >= 15 is 0 Å². The van der Waals surface area contributed by atoms with Crippen LogP contribution in [0.4, 0.5) is 5.13 Å². The highest BCUT2D eigenvalue weighted by Gasteiger charge is 2.26. The highest BCUT2D eigenvalue weighted by Crippen LogP contribution is 2.34. The Morgan fingerprint density at radius 2 is 2.15 bits per heavy atom. The number of Topliss-reactive ketones (excluding diaryl/α,β-unsaturated/α-hetero) is 1. The number of nitrogens with one attached hydrogen (secondary N) is 2. The lowest BCUT2D eigenvalue weighted by molar-refractivity contribution is -0.112. The smallest absolute Gasteiger partial charge is 0.298 e. The van der Waals surface area contributed by atoms with Gasteiger partial charge in [-0.1, -0.05) is 38.0 Å². The monoisotopic (exact) mass is 381 g/mol. The van der Waals surface area contributed by atoms with Gasteiger partial charge < -0.3 is 4.98 Å². The van der Waals surface area contributed by atoms with Crippen LogP contribution in [0.25, 0.3) is 10.9 Å². The molecule has 0 saturated heterocycles. The highest BCUT2D eigenvalue weighted by molar-refractivity contribution is 7.16. The van der Waals surface area contributed by atoms with Crippen LogP contribution in [0.1, 0.15) is 52.8 Å². The molecule has 2 N–H and O–H groups in total. The summed E-state index contributed by atoms with van der Waals surface area (Å²) in [6.07, 6.45) is 5.58. The number of aromatic nitrogens is 2. The van der Waals surface area contributed by atoms with Crippen molar-refractivity contribution in [2.45, 2.75) is 46.0 Å². The van der Waals surface area contributed by atoms with Crippen molar-refractivity contribution >= 4 is 39.1 Å². The van der Waals surface area contributed by atoms with Gasteiger partial charge in [0.2, 0.25) is 0 Å². The molecule has 1 aromatic carbocycles. The van der Waals surface area contributed by atoms with Crippen LogP contribution in [0.5, 0.6) is 0 Å². The van der Waals surface area contributed by atoms with Crippen LogP contribution >= 0.6 is 11.3 Å². The van der Waals surface area contributed by atoms with E-state index in [2.05, 4.69) is 22.2 Å². The van der Waals surface area contributed by atoms with Gasteiger partial charge in [0.05, 0.1) is 11.3 Å². The zero-order valence-electron chi connectivity index (χ0n) is 15.6. The molecule has 2 aromatic heterocycles. The van der Waals surface area contributed by atoms with E-state index in [0.29, 0.717) is 22.3 Å². The first-order valence-corrected chi connectivity index (χ1v) is 10.3. The maximum absolute atomic E-state index is 12.8. The van der Waals surface area contributed by atoms with E-state index in [0.717, 1.165) is 35.9 Å². The summed E-state index contributed by atoms with van der Waals surface area (Å²) in [6.45, 7) is 4.03. The van der Waals surface area contributed by atoms with Gasteiger partial charge in [0.1, 0.15) is 0 Å². The second-order valence-corrected chi connectivity index (χ2v) is 8.32. The van der Waals surface area contributed by atoms with Crippen molar-refractivity contribution in [3.05, 3.63) is 46.1 Å². The number of rotatable bonds is 5. The van der Waals surface area contributed by atoms with E-state index in [4.69, 9.17) is 0 Å². The number of amides is 1. The zero-order chi connectivity index (χ0) is 19.0. The van der Waals surface area contributed by atoms with Gasteiger partial charge in [-0.05, 0) is 38.2 Å². The second-order valence-electron chi connectivity index (χ2n) is 7.24. The lowest BCUT2D eigenvalue weighted by Gasteiger charge is -2.19. The average Bonchev–Trinajstić information content (AvgIpc) is 3.20. The number of ketones is 1. The minimum atomic E-state index is -0.626. The fourth-order valence-corrected chi connectivity index (χ4v) is 5.11. The maximum Gasteiger partial charge on any atom is 0.298 e. The van der Waals surface area contributed by atoms with Gasteiger partial charge in [-0.15, -0.1) is 11.3 Å². The molecular formula is C21H23N3O2S. The number of hydrogen-bond acceptors (Lipinski definition) is 4. The number of para-hydroxylation sites is 1. The minimum absolute atomic E-state index is 0.437. The van der Waals surface area contributed by atoms with Crippen molar-refractivity contribution < 1.29 is 9.59 Å². The molecule has 0 bridgehead atoms. The third kappa shape index (κ3) is 3.41. The minimum Gasteiger partial charge on any atom is -0.358 e. The third-order valence-corrected chi connectivity index (χ3v) is 6.32. The lowest BCUT2D eigenvalue weighted by Crippen LogP contribution is -2.23. The van der Waals surface area contributed by atoms with E-state index < -0.39 is 11.7 Å². The maximum atomic E-state index is 12.8. The third-order valence-electron chi connectivity index (χ3n) is 5.29. The predicted octanol–water partition coefficient (Wildman–Crippen LogP) is 4.66. The topological polar surface area (TPSA) is 74.8 Å². The van der Waals surface area contributed by atoms with Gasteiger partial charge in [-0.25, -0.2) is 4.98 Å². The Balaban J connectivity index is 1.53. The fraction of sp³-hybridized carbons (Fsp3) is 0.381. The first-order valence-electron chi connectivity index (χ1n) is 9.48. The van der Waals surface area contributed by atoms with Crippen molar-refractivity contribution in [3.8, 4) is 0 Å². The van der Waals surface area contributed by atoms with E-state index in [1.807, 2.05) is 31.2 Å². The van der Waals surface area contributed by atoms with Crippen molar-refractivity contribution in [1.29, 1.82) is 0 Å². The largest absolute Gasteiger partial charge is 0.358 e. The number of H-pyrrole nitrogens is 1. The molecule has 0 spiro atoms. The van der Waals surface area contributed by atoms with Crippen molar-refractivity contribution in [2.75, 3.05) is 5.32 Å². The standard InChI is InChI=1S/C21H23N3O2S/c1-3-6-13-9-10-16-17(11-13)27-21(23-16)24-20(26)19(25)18-12(2)22-15-8-5-4-7-14(15)18/h4-5,7-8,13,22H,3,6,9-11H2,1-2H3,(H,23,24,26). The van der Waals surface area contributed by atoms with Crippen LogP contribution in [-0.4, -0.2) is 21.7 Å². The van der Waals surface area contributed by atoms with E-state index in [-0.39, 0.29) is 0 Å². The molecule has 2 heterocycles. The van der Waals surface area contributed by atoms with Gasteiger partial charge in [-0.3, -0.25) is 14.9 Å². The number of fused-ring (bicyclic) bond motifs is 2. The summed E-state index contributed by atoms with van der Waals surface area (Å²) in [6, 6.07) is 7.53. The van der Waals surface area contributed by atoms with Crippen LogP contribution in [0.3, 0.4) is 0 Å². The number of carbonyl (C=O) groups excluding carboxylic acids is 2. The molecule has 1 aliphatic rings. The lowest BCUT2D eigenvalue weighted by atomic mass is 9.88. The molecule has 1 aliphatic carbocycles. The molecule has 1 atom stereocenters. The number of thiazole rings is 1. The van der Waals surface area contributed by atoms with Crippen LogP contribution < -0.4 is 5.32 Å². The van der Waals surface area contributed by atoms with Crippen LogP contribution in [0.15, 0.2) is 24.3 Å². The Bertz CT molecular complexity index is 1020. The molecular weight excluding hydrogens is 358 g/mol. The Morgan fingerprint density at radius 1 is 1.33 bits per heavy atom. The summed E-state index contributed by atoms with van der Waals surface area (Å²) in [7, 11) is 0. The highest BCUT2D eigenvalue weighted by atomic mass is 32.1. The van der Waals surface area contributed by atoms with E-state index in [1.54, 1.807) is 0 Å². The van der Waals surface area contributed by atoms with Gasteiger partial charge in [-0.2, -0.15) is 0 Å². The normalized spacial score (nSPS) is 16.3. The molecule has 140 valence electrons. The quantitative estimate of drug-likeness (QED) is 0.499. The summed E-state index contributed by atoms with van der Waals surface area (Å²) in [5, 5.41) is 4.04. The van der Waals surface area contributed by atoms with Crippen molar-refractivity contribution in [1.82, 2.24) is 9.97 Å². The first kappa shape index (κ1) is 17.9. The molecule has 27 heavy (non-hydrogen) atoms. The predicted molar refractivity (Wildman–Crippen MR) is 109 cm³/mol. The van der Waals surface area contributed by atoms with Crippen LogP contribution in [0, 0.1) is 12.8 Å². The first-order chi connectivity index (χ1) is 13.1. The number of aryl methyl sites for hydroxylation is 2. The number of nitrogens with zero attached hydrogens (tertiary/aromatic N) is 1. The second kappa shape index (κ2) is 7.27.